The number of amides is 3. The molecule has 0 radical (unpaired) electrons. The summed E-state index contributed by atoms with van der Waals surface area (Å²) in [5.74, 6) is -3.56. The minimum absolute atomic E-state index is 0.261. The molecular weight excluding hydrogens is 152 g/mol. The predicted octanol–water partition coefficient (Wildman–Crippen LogP) is -1.06. The van der Waals surface area contributed by atoms with Crippen molar-refractivity contribution < 1.29 is 14.4 Å². The van der Waals surface area contributed by atoms with Crippen molar-refractivity contribution in [3.05, 3.63) is 4.91 Å². The van der Waals surface area contributed by atoms with E-state index in [1.807, 2.05) is 5.32 Å². The van der Waals surface area contributed by atoms with Crippen LogP contribution < -0.4 is 5.32 Å². The third kappa shape index (κ3) is 1.28. The van der Waals surface area contributed by atoms with Gasteiger partial charge in [0, 0.05) is 11.6 Å². The van der Waals surface area contributed by atoms with Gasteiger partial charge in [0.15, 0.2) is 0 Å². The molecule has 11 heavy (non-hydrogen) atoms. The van der Waals surface area contributed by atoms with Crippen LogP contribution in [0.4, 0.5) is 0 Å². The summed E-state index contributed by atoms with van der Waals surface area (Å²) in [6, 6.07) is 0. The fraction of sp³-hybridized carbons (Fsp3) is 0.400. The largest absolute Gasteiger partial charge is 0.299 e. The molecule has 1 aliphatic heterocycles. The zero-order valence-corrected chi connectivity index (χ0v) is 5.36. The van der Waals surface area contributed by atoms with E-state index in [4.69, 9.17) is 0 Å². The van der Waals surface area contributed by atoms with Gasteiger partial charge in [-0.1, -0.05) is 0 Å². The van der Waals surface area contributed by atoms with Crippen molar-refractivity contribution in [2.75, 3.05) is 0 Å². The Labute approximate surface area is 60.9 Å². The van der Waals surface area contributed by atoms with E-state index in [0.717, 1.165) is 0 Å². The first kappa shape index (κ1) is 7.52. The number of nitrogens with zero attached hydrogens (tertiary/aromatic N) is 1. The molecule has 1 N–H and O–H groups in total. The van der Waals surface area contributed by atoms with E-state index >= 15 is 0 Å². The van der Waals surface area contributed by atoms with Gasteiger partial charge in [0.25, 0.3) is 5.91 Å². The maximum atomic E-state index is 10.6. The first-order valence-corrected chi connectivity index (χ1v) is 2.86. The van der Waals surface area contributed by atoms with Gasteiger partial charge in [0.2, 0.25) is 11.8 Å². The van der Waals surface area contributed by atoms with Gasteiger partial charge in [-0.15, -0.1) is 4.91 Å². The summed E-state index contributed by atoms with van der Waals surface area (Å²) in [7, 11) is 0. The third-order valence-electron chi connectivity index (χ3n) is 1.36. The molecule has 1 atom stereocenters. The average molecular weight is 156 g/mol. The molecule has 6 nitrogen and oxygen atoms in total. The highest BCUT2D eigenvalue weighted by Gasteiger charge is 2.36. The molecule has 0 spiro atoms. The van der Waals surface area contributed by atoms with Gasteiger partial charge in [-0.2, -0.15) is 0 Å². The average Bonchev–Trinajstić information content (AvgIpc) is 2.28. The molecule has 3 amide bonds. The number of rotatable bonds is 1. The van der Waals surface area contributed by atoms with E-state index in [9.17, 15) is 19.3 Å². The van der Waals surface area contributed by atoms with E-state index in [1.165, 1.54) is 0 Å². The number of imide groups is 1. The lowest BCUT2D eigenvalue weighted by Gasteiger charge is -1.93. The summed E-state index contributed by atoms with van der Waals surface area (Å²) in [6.45, 7) is 0. The number of hydrogen-bond acceptors (Lipinski definition) is 4. The highest BCUT2D eigenvalue weighted by atomic mass is 16.3. The van der Waals surface area contributed by atoms with Crippen LogP contribution in [0.1, 0.15) is 6.42 Å². The van der Waals surface area contributed by atoms with Gasteiger partial charge in [0.1, 0.15) is 5.92 Å². The maximum absolute atomic E-state index is 10.6. The van der Waals surface area contributed by atoms with Crippen LogP contribution in [0.15, 0.2) is 5.18 Å². The van der Waals surface area contributed by atoms with Crippen LogP contribution in [-0.4, -0.2) is 17.7 Å². The van der Waals surface area contributed by atoms with Crippen molar-refractivity contribution in [3.8, 4) is 0 Å². The molecule has 1 unspecified atom stereocenters. The molecule has 0 aromatic heterocycles. The van der Waals surface area contributed by atoms with E-state index in [-0.39, 0.29) is 6.42 Å². The summed E-state index contributed by atoms with van der Waals surface area (Å²) in [5, 5.41) is 3.94. The predicted molar refractivity (Wildman–Crippen MR) is 32.1 cm³/mol. The quantitative estimate of drug-likeness (QED) is 0.297. The number of nitroso groups, excluding NO2 is 1. The first-order chi connectivity index (χ1) is 5.15. The Kier molecular flexibility index (Phi) is 1.75. The van der Waals surface area contributed by atoms with Gasteiger partial charge in [-0.3, -0.25) is 19.7 Å². The van der Waals surface area contributed by atoms with Crippen molar-refractivity contribution in [2.24, 2.45) is 11.1 Å². The molecule has 0 bridgehead atoms. The van der Waals surface area contributed by atoms with Crippen molar-refractivity contribution in [2.45, 2.75) is 6.42 Å². The lowest BCUT2D eigenvalue weighted by atomic mass is 10.1. The number of nitrogens with one attached hydrogen (secondary N) is 1. The molecule has 1 rings (SSSR count). The first-order valence-electron chi connectivity index (χ1n) is 2.86. The Morgan fingerprint density at radius 1 is 1.55 bits per heavy atom. The second-order valence-corrected chi connectivity index (χ2v) is 2.10. The second-order valence-electron chi connectivity index (χ2n) is 2.10. The summed E-state index contributed by atoms with van der Waals surface area (Å²) >= 11 is 0. The Hall–Kier alpha value is -1.59. The lowest BCUT2D eigenvalue weighted by Crippen LogP contribution is -2.25. The standard InChI is InChI=1S/C5H4N2O4/c8-3-1-2(4(9)6-3)5(10)7-11/h2H,1H2,(H,6,8,9). The topological polar surface area (TPSA) is 92.7 Å². The van der Waals surface area contributed by atoms with Crippen LogP contribution in [0.3, 0.4) is 0 Å². The van der Waals surface area contributed by atoms with Crippen molar-refractivity contribution in [1.82, 2.24) is 5.32 Å². The summed E-state index contributed by atoms with van der Waals surface area (Å²) < 4.78 is 0. The molecule has 1 fully saturated rings. The van der Waals surface area contributed by atoms with Crippen LogP contribution >= 0.6 is 0 Å². The fourth-order valence-electron chi connectivity index (χ4n) is 0.817. The Morgan fingerprint density at radius 2 is 2.18 bits per heavy atom. The van der Waals surface area contributed by atoms with E-state index in [1.54, 1.807) is 0 Å². The van der Waals surface area contributed by atoms with Crippen LogP contribution in [0.2, 0.25) is 0 Å². The van der Waals surface area contributed by atoms with E-state index in [2.05, 4.69) is 5.18 Å². The normalized spacial score (nSPS) is 23.1. The fourth-order valence-corrected chi connectivity index (χ4v) is 0.817. The maximum Gasteiger partial charge on any atom is 0.299 e. The van der Waals surface area contributed by atoms with Gasteiger partial charge in [-0.05, 0) is 0 Å². The van der Waals surface area contributed by atoms with Crippen LogP contribution in [0.5, 0.6) is 0 Å². The molecule has 0 aliphatic carbocycles. The monoisotopic (exact) mass is 156 g/mol. The lowest BCUT2D eigenvalue weighted by molar-refractivity contribution is -0.131. The Bertz CT molecular complexity index is 247. The number of carbonyl (C=O) groups is 3. The Morgan fingerprint density at radius 3 is 2.55 bits per heavy atom. The van der Waals surface area contributed by atoms with Crippen molar-refractivity contribution >= 4 is 17.7 Å². The van der Waals surface area contributed by atoms with E-state index < -0.39 is 23.6 Å². The van der Waals surface area contributed by atoms with Crippen molar-refractivity contribution in [1.29, 1.82) is 0 Å². The highest BCUT2D eigenvalue weighted by molar-refractivity contribution is 6.13. The number of carbonyl (C=O) groups excluding carboxylic acids is 3. The van der Waals surface area contributed by atoms with Gasteiger partial charge < -0.3 is 0 Å². The zero-order chi connectivity index (χ0) is 8.43. The smallest absolute Gasteiger partial charge is 0.296 e. The van der Waals surface area contributed by atoms with Gasteiger partial charge >= 0.3 is 0 Å². The second kappa shape index (κ2) is 2.57. The SMILES string of the molecule is O=NC(=O)C1CC(=O)NC1=O. The van der Waals surface area contributed by atoms with E-state index in [0.29, 0.717) is 0 Å². The van der Waals surface area contributed by atoms with Gasteiger partial charge in [0.05, 0.1) is 0 Å². The molecule has 6 heteroatoms. The molecule has 1 saturated heterocycles. The number of hydrogen-bond donors (Lipinski definition) is 1. The van der Waals surface area contributed by atoms with Crippen LogP contribution in [0, 0.1) is 10.8 Å². The summed E-state index contributed by atoms with van der Waals surface area (Å²) in [4.78, 5) is 41.2. The van der Waals surface area contributed by atoms with Crippen LogP contribution in [-0.2, 0) is 14.4 Å². The molecule has 1 aliphatic rings. The minimum Gasteiger partial charge on any atom is -0.296 e. The zero-order valence-electron chi connectivity index (χ0n) is 5.36. The van der Waals surface area contributed by atoms with Crippen molar-refractivity contribution in [3.63, 3.8) is 0 Å². The third-order valence-corrected chi connectivity index (χ3v) is 1.36. The molecule has 0 aromatic rings. The molecule has 1 heterocycles. The molecule has 0 saturated carbocycles. The molecule has 0 aromatic carbocycles. The molecule has 58 valence electrons. The van der Waals surface area contributed by atoms with Crippen LogP contribution in [0.25, 0.3) is 0 Å². The Balaban J connectivity index is 2.75. The molecular formula is C5H4N2O4. The summed E-state index contributed by atoms with van der Waals surface area (Å²) in [6.07, 6.45) is -0.261. The van der Waals surface area contributed by atoms with Gasteiger partial charge in [-0.25, -0.2) is 0 Å². The summed E-state index contributed by atoms with van der Waals surface area (Å²) in [5.41, 5.74) is 0. The highest BCUT2D eigenvalue weighted by Crippen LogP contribution is 2.11. The minimum atomic E-state index is -1.19.